The molecular weight excluding hydrogens is 235 g/mol. The molecule has 0 aliphatic carbocycles. The third-order valence-electron chi connectivity index (χ3n) is 2.63. The Morgan fingerprint density at radius 2 is 2.25 bits per heavy atom. The van der Waals surface area contributed by atoms with E-state index in [0.29, 0.717) is 13.1 Å². The molecular formula is C8H17N2O5P. The van der Waals surface area contributed by atoms with Crippen molar-refractivity contribution in [3.05, 3.63) is 0 Å². The lowest BCUT2D eigenvalue weighted by molar-refractivity contribution is -0.140. The Kier molecular flexibility index (Phi) is 4.46. The largest absolute Gasteiger partial charge is 0.480 e. The van der Waals surface area contributed by atoms with Crippen LogP contribution in [0.3, 0.4) is 0 Å². The van der Waals surface area contributed by atoms with Gasteiger partial charge in [-0.2, -0.15) is 0 Å². The van der Waals surface area contributed by atoms with Crippen LogP contribution in [0.5, 0.6) is 0 Å². The number of rotatable bonds is 4. The fourth-order valence-corrected chi connectivity index (χ4v) is 2.72. The summed E-state index contributed by atoms with van der Waals surface area (Å²) < 4.78 is 10.8. The van der Waals surface area contributed by atoms with Gasteiger partial charge >= 0.3 is 13.6 Å². The normalized spacial score (nSPS) is 25.3. The molecule has 0 aromatic heterocycles. The van der Waals surface area contributed by atoms with Gasteiger partial charge in [0.2, 0.25) is 0 Å². The monoisotopic (exact) mass is 252 g/mol. The van der Waals surface area contributed by atoms with Crippen molar-refractivity contribution in [2.24, 2.45) is 0 Å². The molecule has 7 nitrogen and oxygen atoms in total. The zero-order valence-electron chi connectivity index (χ0n) is 9.04. The standard InChI is InChI=1S/C8H17N2O5P/c1-6(5-16(13,14)15)10-3-2-9-7(4-10)8(11)12/h6-7,9H,2-5H2,1H3,(H,11,12)(H2,13,14,15). The van der Waals surface area contributed by atoms with Crippen LogP contribution in [0.2, 0.25) is 0 Å². The summed E-state index contributed by atoms with van der Waals surface area (Å²) in [7, 11) is -4.04. The first-order valence-corrected chi connectivity index (χ1v) is 6.84. The summed E-state index contributed by atoms with van der Waals surface area (Å²) in [4.78, 5) is 30.2. The second-order valence-corrected chi connectivity index (χ2v) is 5.73. The van der Waals surface area contributed by atoms with Crippen LogP contribution in [0.15, 0.2) is 0 Å². The summed E-state index contributed by atoms with van der Waals surface area (Å²) in [6.45, 7) is 3.09. The van der Waals surface area contributed by atoms with E-state index in [4.69, 9.17) is 14.9 Å². The van der Waals surface area contributed by atoms with Gasteiger partial charge in [-0.3, -0.25) is 14.3 Å². The van der Waals surface area contributed by atoms with Gasteiger partial charge in [0.15, 0.2) is 0 Å². The summed E-state index contributed by atoms with van der Waals surface area (Å²) in [6.07, 6.45) is -0.237. The van der Waals surface area contributed by atoms with E-state index in [0.717, 1.165) is 0 Å². The molecule has 0 aromatic rings. The number of hydrogen-bond acceptors (Lipinski definition) is 4. The number of aliphatic carboxylic acids is 1. The number of carboxylic acids is 1. The lowest BCUT2D eigenvalue weighted by atomic mass is 10.2. The van der Waals surface area contributed by atoms with Gasteiger partial charge < -0.3 is 20.2 Å². The number of nitrogens with one attached hydrogen (secondary N) is 1. The highest BCUT2D eigenvalue weighted by atomic mass is 31.2. The molecule has 1 saturated heterocycles. The molecule has 94 valence electrons. The molecule has 2 unspecified atom stereocenters. The van der Waals surface area contributed by atoms with Crippen molar-refractivity contribution in [3.63, 3.8) is 0 Å². The molecule has 8 heteroatoms. The van der Waals surface area contributed by atoms with Gasteiger partial charge in [0.25, 0.3) is 0 Å². The maximum absolute atomic E-state index is 10.8. The molecule has 4 N–H and O–H groups in total. The van der Waals surface area contributed by atoms with Crippen LogP contribution in [0.25, 0.3) is 0 Å². The van der Waals surface area contributed by atoms with Gasteiger partial charge in [-0.15, -0.1) is 0 Å². The Labute approximate surface area is 93.6 Å². The maximum atomic E-state index is 10.8. The van der Waals surface area contributed by atoms with E-state index in [-0.39, 0.29) is 18.7 Å². The van der Waals surface area contributed by atoms with Crippen molar-refractivity contribution in [1.29, 1.82) is 0 Å². The Hall–Kier alpha value is -0.460. The van der Waals surface area contributed by atoms with Crippen LogP contribution >= 0.6 is 7.60 Å². The second kappa shape index (κ2) is 5.25. The minimum Gasteiger partial charge on any atom is -0.480 e. The van der Waals surface area contributed by atoms with E-state index in [1.807, 2.05) is 0 Å². The average molecular weight is 252 g/mol. The smallest absolute Gasteiger partial charge is 0.327 e. The summed E-state index contributed by atoms with van der Waals surface area (Å²) in [6, 6.07) is -0.974. The Balaban J connectivity index is 2.53. The van der Waals surface area contributed by atoms with E-state index in [1.54, 1.807) is 11.8 Å². The molecule has 1 aliphatic heterocycles. The first-order chi connectivity index (χ1) is 7.29. The predicted molar refractivity (Wildman–Crippen MR) is 57.4 cm³/mol. The van der Waals surface area contributed by atoms with E-state index < -0.39 is 19.6 Å². The zero-order valence-corrected chi connectivity index (χ0v) is 9.93. The SMILES string of the molecule is CC(CP(=O)(O)O)N1CCNC(C(=O)O)C1. The third kappa shape index (κ3) is 4.19. The van der Waals surface area contributed by atoms with Gasteiger partial charge in [0.05, 0.1) is 6.16 Å². The highest BCUT2D eigenvalue weighted by molar-refractivity contribution is 7.51. The zero-order chi connectivity index (χ0) is 12.3. The van der Waals surface area contributed by atoms with E-state index in [2.05, 4.69) is 5.32 Å². The first kappa shape index (κ1) is 13.6. The van der Waals surface area contributed by atoms with E-state index in [1.165, 1.54) is 0 Å². The van der Waals surface area contributed by atoms with Gasteiger partial charge in [-0.05, 0) is 6.92 Å². The molecule has 16 heavy (non-hydrogen) atoms. The Bertz CT molecular complexity index is 305. The summed E-state index contributed by atoms with van der Waals surface area (Å²) in [5.74, 6) is -0.937. The first-order valence-electron chi connectivity index (χ1n) is 5.04. The molecule has 0 spiro atoms. The predicted octanol–water partition coefficient (Wildman–Crippen LogP) is -1.09. The molecule has 0 aromatic carbocycles. The number of nitrogens with zero attached hydrogens (tertiary/aromatic N) is 1. The van der Waals surface area contributed by atoms with Gasteiger partial charge in [-0.1, -0.05) is 0 Å². The van der Waals surface area contributed by atoms with Crippen LogP contribution in [0.4, 0.5) is 0 Å². The van der Waals surface area contributed by atoms with Gasteiger partial charge in [0.1, 0.15) is 6.04 Å². The highest BCUT2D eigenvalue weighted by Gasteiger charge is 2.30. The van der Waals surface area contributed by atoms with Crippen molar-refractivity contribution >= 4 is 13.6 Å². The molecule has 1 aliphatic rings. The van der Waals surface area contributed by atoms with Crippen LogP contribution in [-0.2, 0) is 9.36 Å². The summed E-state index contributed by atoms with van der Waals surface area (Å²) in [5.41, 5.74) is 0. The summed E-state index contributed by atoms with van der Waals surface area (Å²) >= 11 is 0. The van der Waals surface area contributed by atoms with Crippen LogP contribution < -0.4 is 5.32 Å². The fourth-order valence-electron chi connectivity index (χ4n) is 1.80. The van der Waals surface area contributed by atoms with Gasteiger partial charge in [-0.25, -0.2) is 0 Å². The van der Waals surface area contributed by atoms with E-state index in [9.17, 15) is 9.36 Å². The molecule has 2 atom stereocenters. The minimum atomic E-state index is -4.04. The Morgan fingerprint density at radius 3 is 2.75 bits per heavy atom. The van der Waals surface area contributed by atoms with Crippen molar-refractivity contribution in [2.45, 2.75) is 19.0 Å². The number of hydrogen-bond donors (Lipinski definition) is 4. The molecule has 0 bridgehead atoms. The third-order valence-corrected chi connectivity index (χ3v) is 3.63. The van der Waals surface area contributed by atoms with Crippen molar-refractivity contribution in [1.82, 2.24) is 10.2 Å². The van der Waals surface area contributed by atoms with Crippen molar-refractivity contribution in [2.75, 3.05) is 25.8 Å². The lowest BCUT2D eigenvalue weighted by Crippen LogP contribution is -2.56. The van der Waals surface area contributed by atoms with Crippen LogP contribution in [0.1, 0.15) is 6.92 Å². The van der Waals surface area contributed by atoms with Crippen molar-refractivity contribution < 1.29 is 24.3 Å². The maximum Gasteiger partial charge on any atom is 0.327 e. The fraction of sp³-hybridized carbons (Fsp3) is 0.875. The minimum absolute atomic E-state index is 0.237. The van der Waals surface area contributed by atoms with Crippen LogP contribution in [0, 0.1) is 0 Å². The highest BCUT2D eigenvalue weighted by Crippen LogP contribution is 2.36. The molecule has 0 radical (unpaired) electrons. The average Bonchev–Trinajstić information content (AvgIpc) is 2.15. The molecule has 1 fully saturated rings. The molecule has 1 rings (SSSR count). The van der Waals surface area contributed by atoms with Gasteiger partial charge in [0, 0.05) is 25.7 Å². The molecule has 0 saturated carbocycles. The number of piperazine rings is 1. The number of carboxylic acid groups (broad SMARTS) is 1. The van der Waals surface area contributed by atoms with Crippen LogP contribution in [-0.4, -0.2) is 63.6 Å². The number of carbonyl (C=O) groups is 1. The lowest BCUT2D eigenvalue weighted by Gasteiger charge is -2.35. The molecule has 1 heterocycles. The quantitative estimate of drug-likeness (QED) is 0.470. The topological polar surface area (TPSA) is 110 Å². The second-order valence-electron chi connectivity index (χ2n) is 4.04. The van der Waals surface area contributed by atoms with E-state index >= 15 is 0 Å². The Morgan fingerprint density at radius 1 is 1.62 bits per heavy atom. The summed E-state index contributed by atoms with van der Waals surface area (Å²) in [5, 5.41) is 11.7. The molecule has 0 amide bonds. The van der Waals surface area contributed by atoms with Crippen molar-refractivity contribution in [3.8, 4) is 0 Å².